The van der Waals surface area contributed by atoms with Gasteiger partial charge in [-0.1, -0.05) is 12.2 Å². The van der Waals surface area contributed by atoms with E-state index in [2.05, 4.69) is 28.9 Å². The van der Waals surface area contributed by atoms with Gasteiger partial charge >= 0.3 is 0 Å². The monoisotopic (exact) mass is 238 g/mol. The minimum Gasteiger partial charge on any atom is -0.291 e. The zero-order chi connectivity index (χ0) is 11.2. The standard InChI is InChI=1S/C13H26N2Si/c1-2-3-12-16-13(14-8-4-5-9-14)15-10-6-7-11-15/h2-3,13H,4-12,16H2,1H3. The third-order valence-electron chi connectivity index (χ3n) is 3.95. The SMILES string of the molecule is CC=CC[SiH2]C(N1CCCC1)N1CCCC1. The first-order chi connectivity index (χ1) is 7.92. The van der Waals surface area contributed by atoms with Crippen LogP contribution in [0.2, 0.25) is 6.04 Å². The van der Waals surface area contributed by atoms with Crippen LogP contribution >= 0.6 is 0 Å². The summed E-state index contributed by atoms with van der Waals surface area (Å²) in [6, 6.07) is 1.38. The lowest BCUT2D eigenvalue weighted by molar-refractivity contribution is 0.142. The van der Waals surface area contributed by atoms with E-state index in [-0.39, 0.29) is 9.52 Å². The molecule has 2 heterocycles. The molecule has 0 spiro atoms. The summed E-state index contributed by atoms with van der Waals surface area (Å²) < 4.78 is 0. The van der Waals surface area contributed by atoms with E-state index in [0.717, 1.165) is 5.79 Å². The summed E-state index contributed by atoms with van der Waals surface area (Å²) in [6.07, 6.45) is 10.3. The van der Waals surface area contributed by atoms with E-state index in [1.807, 2.05) is 0 Å². The summed E-state index contributed by atoms with van der Waals surface area (Å²) in [5.74, 6) is 0.876. The minimum absolute atomic E-state index is 0.0205. The molecule has 3 heteroatoms. The Kier molecular flexibility index (Phi) is 5.07. The zero-order valence-electron chi connectivity index (χ0n) is 10.7. The summed E-state index contributed by atoms with van der Waals surface area (Å²) in [7, 11) is 0.0205. The molecule has 2 fully saturated rings. The Morgan fingerprint density at radius 1 is 1.00 bits per heavy atom. The van der Waals surface area contributed by atoms with Crippen molar-refractivity contribution in [1.82, 2.24) is 9.80 Å². The molecule has 0 aromatic heterocycles. The van der Waals surface area contributed by atoms with E-state index < -0.39 is 0 Å². The Balaban J connectivity index is 1.88. The third kappa shape index (κ3) is 3.19. The van der Waals surface area contributed by atoms with Gasteiger partial charge in [-0.2, -0.15) is 0 Å². The van der Waals surface area contributed by atoms with Crippen LogP contribution in [0.4, 0.5) is 0 Å². The molecule has 2 aliphatic heterocycles. The topological polar surface area (TPSA) is 6.48 Å². The predicted octanol–water partition coefficient (Wildman–Crippen LogP) is 1.62. The van der Waals surface area contributed by atoms with Crippen LogP contribution in [0.1, 0.15) is 32.6 Å². The molecule has 0 aliphatic carbocycles. The lowest BCUT2D eigenvalue weighted by atomic mass is 10.4. The van der Waals surface area contributed by atoms with Gasteiger partial charge in [0.2, 0.25) is 0 Å². The molecule has 0 unspecified atom stereocenters. The molecule has 16 heavy (non-hydrogen) atoms. The van der Waals surface area contributed by atoms with Gasteiger partial charge in [-0.05, 0) is 64.8 Å². The average molecular weight is 238 g/mol. The van der Waals surface area contributed by atoms with Gasteiger partial charge in [0.1, 0.15) is 0 Å². The fourth-order valence-corrected chi connectivity index (χ4v) is 5.37. The lowest BCUT2D eigenvalue weighted by Crippen LogP contribution is -2.49. The van der Waals surface area contributed by atoms with E-state index in [9.17, 15) is 0 Å². The molecule has 2 nitrogen and oxygen atoms in total. The number of likely N-dealkylation sites (tertiary alicyclic amines) is 2. The van der Waals surface area contributed by atoms with Crippen molar-refractivity contribution >= 4 is 9.52 Å². The van der Waals surface area contributed by atoms with Gasteiger partial charge in [0.15, 0.2) is 0 Å². The van der Waals surface area contributed by atoms with Crippen LogP contribution in [-0.4, -0.2) is 51.3 Å². The molecule has 2 saturated heterocycles. The van der Waals surface area contributed by atoms with Gasteiger partial charge < -0.3 is 0 Å². The molecule has 0 radical (unpaired) electrons. The Labute approximate surface area is 103 Å². The van der Waals surface area contributed by atoms with Crippen molar-refractivity contribution in [3.05, 3.63) is 12.2 Å². The van der Waals surface area contributed by atoms with Gasteiger partial charge in [0, 0.05) is 5.79 Å². The van der Waals surface area contributed by atoms with Crippen molar-refractivity contribution in [2.24, 2.45) is 0 Å². The Bertz CT molecular complexity index is 202. The third-order valence-corrected chi connectivity index (χ3v) is 6.17. The van der Waals surface area contributed by atoms with Crippen LogP contribution in [0, 0.1) is 0 Å². The van der Waals surface area contributed by atoms with Crippen LogP contribution < -0.4 is 0 Å². The van der Waals surface area contributed by atoms with E-state index >= 15 is 0 Å². The van der Waals surface area contributed by atoms with Crippen molar-refractivity contribution < 1.29 is 0 Å². The zero-order valence-corrected chi connectivity index (χ0v) is 12.1. The molecular formula is C13H26N2Si. The van der Waals surface area contributed by atoms with Crippen molar-refractivity contribution in [2.45, 2.75) is 44.4 Å². The molecule has 0 N–H and O–H groups in total. The summed E-state index contributed by atoms with van der Waals surface area (Å²) in [6.45, 7) is 7.61. The molecule has 0 aromatic rings. The molecule has 0 atom stereocenters. The smallest absolute Gasteiger partial charge is 0.0629 e. The molecule has 2 aliphatic rings. The molecular weight excluding hydrogens is 212 g/mol. The average Bonchev–Trinajstić information content (AvgIpc) is 2.97. The molecule has 0 bridgehead atoms. The first kappa shape index (κ1) is 12.3. The summed E-state index contributed by atoms with van der Waals surface area (Å²) in [4.78, 5) is 5.56. The fraction of sp³-hybridized carbons (Fsp3) is 0.846. The normalized spacial score (nSPS) is 24.9. The Hall–Kier alpha value is -0.123. The van der Waals surface area contributed by atoms with Crippen molar-refractivity contribution in [2.75, 3.05) is 26.2 Å². The van der Waals surface area contributed by atoms with Crippen LogP contribution in [0.3, 0.4) is 0 Å². The van der Waals surface area contributed by atoms with E-state index in [4.69, 9.17) is 0 Å². The van der Waals surface area contributed by atoms with Gasteiger partial charge in [0.25, 0.3) is 0 Å². The number of hydrogen-bond donors (Lipinski definition) is 0. The highest BCUT2D eigenvalue weighted by Gasteiger charge is 2.28. The summed E-state index contributed by atoms with van der Waals surface area (Å²) in [5, 5.41) is 0. The van der Waals surface area contributed by atoms with E-state index in [0.29, 0.717) is 0 Å². The number of allylic oxidation sites excluding steroid dienone is 2. The highest BCUT2D eigenvalue weighted by molar-refractivity contribution is 6.38. The minimum atomic E-state index is 0.0205. The first-order valence-corrected chi connectivity index (χ1v) is 8.82. The molecule has 0 saturated carbocycles. The quantitative estimate of drug-likeness (QED) is 0.530. The highest BCUT2D eigenvalue weighted by Crippen LogP contribution is 2.19. The van der Waals surface area contributed by atoms with Gasteiger partial charge in [-0.15, -0.1) is 0 Å². The largest absolute Gasteiger partial charge is 0.291 e. The van der Waals surface area contributed by atoms with Gasteiger partial charge in [-0.25, -0.2) is 0 Å². The second-order valence-corrected chi connectivity index (χ2v) is 7.00. The molecule has 0 amide bonds. The van der Waals surface area contributed by atoms with Crippen LogP contribution in [0.15, 0.2) is 12.2 Å². The van der Waals surface area contributed by atoms with E-state index in [1.54, 1.807) is 0 Å². The van der Waals surface area contributed by atoms with Crippen molar-refractivity contribution in [3.63, 3.8) is 0 Å². The summed E-state index contributed by atoms with van der Waals surface area (Å²) >= 11 is 0. The maximum Gasteiger partial charge on any atom is 0.0629 e. The number of nitrogens with zero attached hydrogens (tertiary/aromatic N) is 2. The Morgan fingerprint density at radius 2 is 1.50 bits per heavy atom. The van der Waals surface area contributed by atoms with Crippen LogP contribution in [0.25, 0.3) is 0 Å². The van der Waals surface area contributed by atoms with Crippen LogP contribution in [-0.2, 0) is 0 Å². The second kappa shape index (κ2) is 6.57. The predicted molar refractivity (Wildman–Crippen MR) is 73.6 cm³/mol. The highest BCUT2D eigenvalue weighted by atomic mass is 28.2. The fourth-order valence-electron chi connectivity index (χ4n) is 3.09. The maximum absolute atomic E-state index is 2.78. The molecule has 92 valence electrons. The Morgan fingerprint density at radius 3 is 1.94 bits per heavy atom. The van der Waals surface area contributed by atoms with Crippen LogP contribution in [0.5, 0.6) is 0 Å². The maximum atomic E-state index is 2.78. The number of rotatable bonds is 5. The molecule has 2 rings (SSSR count). The van der Waals surface area contributed by atoms with Gasteiger partial charge in [-0.3, -0.25) is 9.80 Å². The first-order valence-electron chi connectivity index (χ1n) is 7.01. The number of hydrogen-bond acceptors (Lipinski definition) is 2. The van der Waals surface area contributed by atoms with E-state index in [1.165, 1.54) is 57.9 Å². The summed E-state index contributed by atoms with van der Waals surface area (Å²) in [5.41, 5.74) is 0. The lowest BCUT2D eigenvalue weighted by Gasteiger charge is -2.35. The van der Waals surface area contributed by atoms with Crippen molar-refractivity contribution in [1.29, 1.82) is 0 Å². The van der Waals surface area contributed by atoms with Crippen molar-refractivity contribution in [3.8, 4) is 0 Å². The second-order valence-electron chi connectivity index (χ2n) is 5.11. The van der Waals surface area contributed by atoms with Gasteiger partial charge in [0.05, 0.1) is 9.52 Å². The molecule has 0 aromatic carbocycles.